The van der Waals surface area contributed by atoms with E-state index in [9.17, 15) is 33.6 Å². The molecular weight excluding hydrogens is 734 g/mol. The molecule has 0 aliphatic carbocycles. The maximum Gasteiger partial charge on any atom is 0.328 e. The standard InChI is InChI=1S/C40H55N9O8/c1-5-49-25(3)20-33(45-49)44-40(56)43-28(21-27-13-7-6-8-14-27)34(50)42-29-23-57-39(55)32-19-24(2)22-48(32)36(52)26(4)41-35(51)30-15-9-11-17-46(30)38(54)31-16-10-12-18-47(31)37(29)53/h6-8,13-14,20,24,26,28-32H,5,9-12,15-19,21-23H2,1-4H3,(H,41,51)(H,42,50)(H2,43,44,45,56)/t24-,26+,28+,29+,30+,31+,32+/m1/s1. The average molecular weight is 790 g/mol. The normalized spacial score (nSPS) is 26.7. The van der Waals surface area contributed by atoms with Crippen LogP contribution in [-0.4, -0.2) is 129 Å². The van der Waals surface area contributed by atoms with Crippen molar-refractivity contribution >= 4 is 47.4 Å². The Morgan fingerprint density at radius 3 is 2.26 bits per heavy atom. The Morgan fingerprint density at radius 2 is 1.58 bits per heavy atom. The van der Waals surface area contributed by atoms with Crippen molar-refractivity contribution in [2.75, 3.05) is 31.6 Å². The summed E-state index contributed by atoms with van der Waals surface area (Å²) in [4.78, 5) is 102. The maximum atomic E-state index is 14.7. The Balaban J connectivity index is 1.31. The largest absolute Gasteiger partial charge is 0.461 e. The third-order valence-corrected chi connectivity index (χ3v) is 11.4. The van der Waals surface area contributed by atoms with Crippen molar-refractivity contribution in [3.63, 3.8) is 0 Å². The van der Waals surface area contributed by atoms with Gasteiger partial charge < -0.3 is 35.4 Å². The lowest BCUT2D eigenvalue weighted by molar-refractivity contribution is -0.160. The highest BCUT2D eigenvalue weighted by Crippen LogP contribution is 2.28. The van der Waals surface area contributed by atoms with E-state index >= 15 is 0 Å². The summed E-state index contributed by atoms with van der Waals surface area (Å²) in [5.74, 6) is -3.17. The third-order valence-electron chi connectivity index (χ3n) is 11.4. The fourth-order valence-electron chi connectivity index (χ4n) is 8.41. The first-order valence-corrected chi connectivity index (χ1v) is 20.2. The van der Waals surface area contributed by atoms with E-state index in [-0.39, 0.29) is 31.3 Å². The van der Waals surface area contributed by atoms with Crippen LogP contribution in [-0.2, 0) is 46.5 Å². The van der Waals surface area contributed by atoms with E-state index in [0.717, 1.165) is 11.3 Å². The van der Waals surface area contributed by atoms with Crippen LogP contribution in [0.3, 0.4) is 0 Å². The first-order chi connectivity index (χ1) is 27.3. The predicted octanol–water partition coefficient (Wildman–Crippen LogP) is 1.49. The second-order valence-electron chi connectivity index (χ2n) is 15.7. The van der Waals surface area contributed by atoms with Crippen molar-refractivity contribution in [2.24, 2.45) is 5.92 Å². The summed E-state index contributed by atoms with van der Waals surface area (Å²) in [5, 5.41) is 15.3. The molecule has 0 spiro atoms. The molecule has 4 N–H and O–H groups in total. The molecule has 17 nitrogen and oxygen atoms in total. The molecule has 4 aliphatic heterocycles. The first-order valence-electron chi connectivity index (χ1n) is 20.2. The zero-order chi connectivity index (χ0) is 40.8. The molecule has 1 aromatic heterocycles. The fraction of sp³-hybridized carbons (Fsp3) is 0.600. The Morgan fingerprint density at radius 1 is 0.895 bits per heavy atom. The molecule has 17 heteroatoms. The van der Waals surface area contributed by atoms with Gasteiger partial charge in [0.15, 0.2) is 5.82 Å². The molecule has 5 heterocycles. The number of hydrogen-bond donors (Lipinski definition) is 4. The highest BCUT2D eigenvalue weighted by molar-refractivity contribution is 5.98. The van der Waals surface area contributed by atoms with E-state index in [1.54, 1.807) is 41.9 Å². The lowest BCUT2D eigenvalue weighted by Crippen LogP contribution is -2.63. The van der Waals surface area contributed by atoms with E-state index in [4.69, 9.17) is 4.74 Å². The van der Waals surface area contributed by atoms with Crippen molar-refractivity contribution in [3.8, 4) is 0 Å². The summed E-state index contributed by atoms with van der Waals surface area (Å²) in [7, 11) is 0. The van der Waals surface area contributed by atoms with Crippen molar-refractivity contribution in [1.82, 2.24) is 40.4 Å². The number of urea groups is 1. The molecule has 4 fully saturated rings. The molecular formula is C40H55N9O8. The van der Waals surface area contributed by atoms with Crippen molar-refractivity contribution in [3.05, 3.63) is 47.7 Å². The van der Waals surface area contributed by atoms with Crippen LogP contribution in [0.25, 0.3) is 0 Å². The zero-order valence-corrected chi connectivity index (χ0v) is 33.2. The Kier molecular flexibility index (Phi) is 13.1. The summed E-state index contributed by atoms with van der Waals surface area (Å²) < 4.78 is 7.50. The van der Waals surface area contributed by atoms with Gasteiger partial charge in [0, 0.05) is 44.4 Å². The first kappa shape index (κ1) is 41.2. The van der Waals surface area contributed by atoms with Crippen LogP contribution >= 0.6 is 0 Å². The number of fused-ring (bicyclic) bond motifs is 3. The number of aryl methyl sites for hydroxylation is 2. The Labute approximate surface area is 332 Å². The zero-order valence-electron chi connectivity index (χ0n) is 33.2. The lowest BCUT2D eigenvalue weighted by Gasteiger charge is -2.42. The molecule has 4 saturated heterocycles. The number of ether oxygens (including phenoxy) is 1. The number of carbonyl (C=O) groups excluding carboxylic acids is 7. The highest BCUT2D eigenvalue weighted by Gasteiger charge is 2.45. The fourth-order valence-corrected chi connectivity index (χ4v) is 8.41. The number of anilines is 1. The van der Waals surface area contributed by atoms with E-state index < -0.39 is 78.5 Å². The van der Waals surface area contributed by atoms with Crippen LogP contribution in [0, 0.1) is 12.8 Å². The van der Waals surface area contributed by atoms with Gasteiger partial charge in [0.05, 0.1) is 0 Å². The summed E-state index contributed by atoms with van der Waals surface area (Å²) in [6.45, 7) is 8.04. The van der Waals surface area contributed by atoms with Gasteiger partial charge in [0.25, 0.3) is 0 Å². The third kappa shape index (κ3) is 9.56. The number of amides is 7. The molecule has 0 bridgehead atoms. The lowest BCUT2D eigenvalue weighted by atomic mass is 9.95. The molecule has 1 aromatic carbocycles. The minimum Gasteiger partial charge on any atom is -0.461 e. The van der Waals surface area contributed by atoms with Gasteiger partial charge in [-0.25, -0.2) is 9.59 Å². The van der Waals surface area contributed by atoms with Crippen LogP contribution in [0.15, 0.2) is 36.4 Å². The maximum absolute atomic E-state index is 14.7. The SMILES string of the molecule is CCn1nc(NC(=O)N[C@@H](Cc2ccccc2)C(=O)N[C@H]2COC(=O)[C@@H]3C[C@@H](C)CN3C(=O)[C@H](C)NC(=O)[C@@H]3CCCCN3C(=O)[C@@H]3CCCCN3C2=O)cc1C. The number of hydrogen-bond acceptors (Lipinski definition) is 9. The van der Waals surface area contributed by atoms with Crippen LogP contribution in [0.2, 0.25) is 0 Å². The Hall–Kier alpha value is -5.48. The van der Waals surface area contributed by atoms with Gasteiger partial charge in [-0.1, -0.05) is 37.3 Å². The topological polar surface area (TPSA) is 204 Å². The molecule has 2 aromatic rings. The molecule has 0 radical (unpaired) electrons. The Bertz CT molecular complexity index is 1840. The van der Waals surface area contributed by atoms with Crippen LogP contribution in [0.4, 0.5) is 10.6 Å². The van der Waals surface area contributed by atoms with E-state index in [2.05, 4.69) is 26.4 Å². The summed E-state index contributed by atoms with van der Waals surface area (Å²) in [6, 6.07) is 3.71. The smallest absolute Gasteiger partial charge is 0.328 e. The van der Waals surface area contributed by atoms with Crippen LogP contribution < -0.4 is 21.3 Å². The minimum absolute atomic E-state index is 0.0511. The number of nitrogens with zero attached hydrogens (tertiary/aromatic N) is 5. The summed E-state index contributed by atoms with van der Waals surface area (Å²) >= 11 is 0. The van der Waals surface area contributed by atoms with Crippen molar-refractivity contribution in [1.29, 1.82) is 0 Å². The number of piperidine rings is 2. The minimum atomic E-state index is -1.45. The number of benzene rings is 1. The van der Waals surface area contributed by atoms with Gasteiger partial charge in [-0.05, 0) is 77.2 Å². The highest BCUT2D eigenvalue weighted by atomic mass is 16.5. The van der Waals surface area contributed by atoms with Crippen LogP contribution in [0.1, 0.15) is 77.0 Å². The number of aromatic nitrogens is 2. The summed E-state index contributed by atoms with van der Waals surface area (Å²) in [6.07, 6.45) is 3.75. The molecule has 57 heavy (non-hydrogen) atoms. The van der Waals surface area contributed by atoms with Gasteiger partial charge >= 0.3 is 12.0 Å². The number of carbonyl (C=O) groups is 7. The predicted molar refractivity (Wildman–Crippen MR) is 207 cm³/mol. The molecule has 7 amide bonds. The van der Waals surface area contributed by atoms with Crippen LogP contribution in [0.5, 0.6) is 0 Å². The van der Waals surface area contributed by atoms with Crippen molar-refractivity contribution in [2.45, 2.75) is 122 Å². The molecule has 0 unspecified atom stereocenters. The number of nitrogens with one attached hydrogen (secondary N) is 4. The van der Waals surface area contributed by atoms with Crippen molar-refractivity contribution < 1.29 is 38.3 Å². The number of cyclic esters (lactones) is 1. The average Bonchev–Trinajstić information content (AvgIpc) is 3.78. The number of rotatable bonds is 7. The molecule has 308 valence electrons. The second kappa shape index (κ2) is 18.2. The second-order valence-corrected chi connectivity index (χ2v) is 15.7. The molecule has 7 atom stereocenters. The van der Waals surface area contributed by atoms with E-state index in [1.165, 1.54) is 14.7 Å². The van der Waals surface area contributed by atoms with Gasteiger partial charge in [0.1, 0.15) is 42.9 Å². The van der Waals surface area contributed by atoms with Gasteiger partial charge in [-0.3, -0.25) is 34.0 Å². The monoisotopic (exact) mass is 789 g/mol. The molecule has 6 rings (SSSR count). The van der Waals surface area contributed by atoms with Gasteiger partial charge in [0.2, 0.25) is 29.5 Å². The molecule has 4 aliphatic rings. The quantitative estimate of drug-likeness (QED) is 0.300. The number of esters is 1. The van der Waals surface area contributed by atoms with Gasteiger partial charge in [-0.2, -0.15) is 5.10 Å². The van der Waals surface area contributed by atoms with E-state index in [1.807, 2.05) is 26.8 Å². The van der Waals surface area contributed by atoms with Gasteiger partial charge in [-0.15, -0.1) is 0 Å². The molecule has 0 saturated carbocycles. The van der Waals surface area contributed by atoms with E-state index in [0.29, 0.717) is 63.9 Å². The summed E-state index contributed by atoms with van der Waals surface area (Å²) in [5.41, 5.74) is 1.57.